The fourth-order valence-corrected chi connectivity index (χ4v) is 2.44. The van der Waals surface area contributed by atoms with Crippen molar-refractivity contribution in [2.24, 2.45) is 4.99 Å². The lowest BCUT2D eigenvalue weighted by atomic mass is 10.1. The Hall–Kier alpha value is -1.60. The average molecular weight is 319 g/mol. The second-order valence-corrected chi connectivity index (χ2v) is 5.79. The number of halogens is 1. The lowest BCUT2D eigenvalue weighted by molar-refractivity contribution is 0.287. The molecule has 0 aromatic rings. The van der Waals surface area contributed by atoms with E-state index in [-0.39, 0.29) is 6.04 Å². The molecule has 0 amide bonds. The maximum absolute atomic E-state index is 12.8. The first-order chi connectivity index (χ1) is 11.2. The van der Waals surface area contributed by atoms with Crippen molar-refractivity contribution in [3.05, 3.63) is 24.6 Å². The smallest absolute Gasteiger partial charge is 0.131 e. The van der Waals surface area contributed by atoms with E-state index in [2.05, 4.69) is 47.6 Å². The molecule has 1 heterocycles. The first kappa shape index (κ1) is 19.4. The van der Waals surface area contributed by atoms with Gasteiger partial charge in [-0.05, 0) is 64.2 Å². The summed E-state index contributed by atoms with van der Waals surface area (Å²) in [4.78, 5) is 6.62. The molecular formula is C19H30FN3. The molecule has 1 N–H and O–H groups in total. The van der Waals surface area contributed by atoms with Gasteiger partial charge >= 0.3 is 0 Å². The Labute approximate surface area is 140 Å². The topological polar surface area (TPSA) is 27.6 Å². The molecule has 1 aliphatic heterocycles. The maximum Gasteiger partial charge on any atom is 0.131 e. The second-order valence-electron chi connectivity index (χ2n) is 5.79. The molecule has 0 aliphatic carbocycles. The van der Waals surface area contributed by atoms with Gasteiger partial charge in [-0.1, -0.05) is 25.5 Å². The van der Waals surface area contributed by atoms with Crippen LogP contribution in [0.1, 0.15) is 45.4 Å². The van der Waals surface area contributed by atoms with Crippen LogP contribution in [0.15, 0.2) is 29.5 Å². The lowest BCUT2D eigenvalue weighted by Crippen LogP contribution is -2.30. The van der Waals surface area contributed by atoms with Crippen LogP contribution in [0.3, 0.4) is 0 Å². The van der Waals surface area contributed by atoms with Gasteiger partial charge in [0.05, 0.1) is 17.5 Å². The van der Waals surface area contributed by atoms with Gasteiger partial charge < -0.3 is 5.32 Å². The Morgan fingerprint density at radius 2 is 2.35 bits per heavy atom. The molecule has 1 unspecified atom stereocenters. The van der Waals surface area contributed by atoms with Crippen molar-refractivity contribution < 1.29 is 4.39 Å². The van der Waals surface area contributed by atoms with E-state index < -0.39 is 6.67 Å². The van der Waals surface area contributed by atoms with Crippen molar-refractivity contribution in [2.75, 3.05) is 26.8 Å². The number of hydrogen-bond donors (Lipinski definition) is 1. The van der Waals surface area contributed by atoms with Gasteiger partial charge in [-0.25, -0.2) is 9.38 Å². The largest absolute Gasteiger partial charge is 0.391 e. The van der Waals surface area contributed by atoms with Crippen molar-refractivity contribution in [1.29, 1.82) is 0 Å². The van der Waals surface area contributed by atoms with Gasteiger partial charge in [0.25, 0.3) is 0 Å². The number of allylic oxidation sites excluding steroid dienone is 2. The minimum atomic E-state index is -0.500. The molecule has 3 nitrogen and oxygen atoms in total. The van der Waals surface area contributed by atoms with Gasteiger partial charge in [-0.3, -0.25) is 4.90 Å². The SMILES string of the molecule is C=CNCCCCC(C#CC1=NC(CF)=CCCC1)N(C)CC. The van der Waals surface area contributed by atoms with Crippen molar-refractivity contribution in [1.82, 2.24) is 10.2 Å². The highest BCUT2D eigenvalue weighted by molar-refractivity contribution is 6.01. The summed E-state index contributed by atoms with van der Waals surface area (Å²) in [6.07, 6.45) is 9.62. The van der Waals surface area contributed by atoms with E-state index in [4.69, 9.17) is 0 Å². The standard InChI is InChI=1S/C19H30FN3/c1-4-21-15-9-8-12-19(23(3)5-2)14-13-17-10-6-7-11-18(16-20)22-17/h4,11,19,21H,1,5-10,12,15-16H2,2-3H3. The fraction of sp³-hybridized carbons (Fsp3) is 0.632. The third-order valence-corrected chi connectivity index (χ3v) is 4.02. The van der Waals surface area contributed by atoms with Crippen LogP contribution in [0.25, 0.3) is 0 Å². The van der Waals surface area contributed by atoms with Gasteiger partial charge in [0.15, 0.2) is 0 Å². The number of rotatable bonds is 9. The van der Waals surface area contributed by atoms with Gasteiger partial charge in [0, 0.05) is 6.54 Å². The molecule has 0 bridgehead atoms. The molecule has 1 aliphatic rings. The number of aliphatic imine (C=N–C) groups is 1. The molecule has 4 heteroatoms. The summed E-state index contributed by atoms with van der Waals surface area (Å²) in [5, 5.41) is 3.12. The summed E-state index contributed by atoms with van der Waals surface area (Å²) >= 11 is 0. The summed E-state index contributed by atoms with van der Waals surface area (Å²) in [5.74, 6) is 6.57. The Balaban J connectivity index is 2.64. The van der Waals surface area contributed by atoms with Crippen molar-refractivity contribution in [2.45, 2.75) is 51.5 Å². The molecule has 1 atom stereocenters. The molecule has 0 aromatic heterocycles. The van der Waals surface area contributed by atoms with Gasteiger partial charge in [-0.15, -0.1) is 0 Å². The van der Waals surface area contributed by atoms with Crippen LogP contribution in [-0.2, 0) is 0 Å². The third kappa shape index (κ3) is 7.99. The summed E-state index contributed by atoms with van der Waals surface area (Å²) in [6.45, 7) is 7.21. The molecule has 1 rings (SSSR count). The molecular weight excluding hydrogens is 289 g/mol. The number of unbranched alkanes of at least 4 members (excludes halogenated alkanes) is 1. The first-order valence-electron chi connectivity index (χ1n) is 8.59. The zero-order chi connectivity index (χ0) is 16.9. The van der Waals surface area contributed by atoms with E-state index in [1.165, 1.54) is 0 Å². The summed E-state index contributed by atoms with van der Waals surface area (Å²) < 4.78 is 12.8. The highest BCUT2D eigenvalue weighted by Gasteiger charge is 2.10. The molecule has 128 valence electrons. The Bertz CT molecular complexity index is 471. The highest BCUT2D eigenvalue weighted by Crippen LogP contribution is 2.12. The quantitative estimate of drug-likeness (QED) is 0.518. The van der Waals surface area contributed by atoms with Crippen LogP contribution in [-0.4, -0.2) is 43.5 Å². The Morgan fingerprint density at radius 3 is 3.04 bits per heavy atom. The van der Waals surface area contributed by atoms with E-state index in [0.717, 1.165) is 57.3 Å². The Kier molecular flexibility index (Phi) is 10.1. The lowest BCUT2D eigenvalue weighted by Gasteiger charge is -2.22. The maximum atomic E-state index is 12.8. The zero-order valence-electron chi connectivity index (χ0n) is 14.6. The van der Waals surface area contributed by atoms with Crippen LogP contribution in [0.4, 0.5) is 4.39 Å². The van der Waals surface area contributed by atoms with E-state index in [1.807, 2.05) is 6.08 Å². The third-order valence-electron chi connectivity index (χ3n) is 4.02. The monoisotopic (exact) mass is 319 g/mol. The molecule has 0 saturated carbocycles. The van der Waals surface area contributed by atoms with Gasteiger partial charge in [0.1, 0.15) is 6.67 Å². The van der Waals surface area contributed by atoms with Crippen LogP contribution >= 0.6 is 0 Å². The Morgan fingerprint density at radius 1 is 1.52 bits per heavy atom. The normalized spacial score (nSPS) is 15.8. The number of nitrogens with zero attached hydrogens (tertiary/aromatic N) is 2. The predicted octanol–water partition coefficient (Wildman–Crippen LogP) is 3.69. The summed E-state index contributed by atoms with van der Waals surface area (Å²) in [5.41, 5.74) is 1.36. The molecule has 0 spiro atoms. The molecule has 0 radical (unpaired) electrons. The van der Waals surface area contributed by atoms with Crippen LogP contribution < -0.4 is 5.32 Å². The van der Waals surface area contributed by atoms with E-state index in [0.29, 0.717) is 5.70 Å². The summed E-state index contributed by atoms with van der Waals surface area (Å²) in [6, 6.07) is 0.229. The second kappa shape index (κ2) is 11.9. The number of hydrogen-bond acceptors (Lipinski definition) is 3. The minimum absolute atomic E-state index is 0.229. The van der Waals surface area contributed by atoms with E-state index in [9.17, 15) is 4.39 Å². The zero-order valence-corrected chi connectivity index (χ0v) is 14.6. The molecule has 0 saturated heterocycles. The van der Waals surface area contributed by atoms with Gasteiger partial charge in [-0.2, -0.15) is 0 Å². The van der Waals surface area contributed by atoms with Crippen LogP contribution in [0.2, 0.25) is 0 Å². The summed E-state index contributed by atoms with van der Waals surface area (Å²) in [7, 11) is 2.10. The van der Waals surface area contributed by atoms with Crippen molar-refractivity contribution >= 4 is 5.71 Å². The predicted molar refractivity (Wildman–Crippen MR) is 97.3 cm³/mol. The van der Waals surface area contributed by atoms with Crippen molar-refractivity contribution in [3.63, 3.8) is 0 Å². The van der Waals surface area contributed by atoms with Crippen molar-refractivity contribution in [3.8, 4) is 11.8 Å². The van der Waals surface area contributed by atoms with Gasteiger partial charge in [0.2, 0.25) is 0 Å². The first-order valence-corrected chi connectivity index (χ1v) is 8.59. The minimum Gasteiger partial charge on any atom is -0.391 e. The number of alkyl halides is 1. The van der Waals surface area contributed by atoms with Crippen LogP contribution in [0.5, 0.6) is 0 Å². The fourth-order valence-electron chi connectivity index (χ4n) is 2.44. The number of nitrogens with one attached hydrogen (secondary N) is 1. The average Bonchev–Trinajstić information content (AvgIpc) is 2.81. The highest BCUT2D eigenvalue weighted by atomic mass is 19.1. The molecule has 0 fully saturated rings. The molecule has 0 aromatic carbocycles. The van der Waals surface area contributed by atoms with E-state index in [1.54, 1.807) is 6.20 Å². The molecule has 23 heavy (non-hydrogen) atoms. The van der Waals surface area contributed by atoms with E-state index >= 15 is 0 Å². The van der Waals surface area contributed by atoms with Crippen LogP contribution in [0, 0.1) is 11.8 Å².